The van der Waals surface area contributed by atoms with Gasteiger partial charge in [-0.25, -0.2) is 4.98 Å². The van der Waals surface area contributed by atoms with E-state index in [9.17, 15) is 4.79 Å². The number of aromatic nitrogens is 1. The van der Waals surface area contributed by atoms with E-state index in [-0.39, 0.29) is 25.9 Å². The van der Waals surface area contributed by atoms with Crippen LogP contribution >= 0.6 is 46.4 Å². The molecule has 0 aliphatic rings. The molecule has 0 saturated heterocycles. The van der Waals surface area contributed by atoms with Crippen LogP contribution < -0.4 is 5.32 Å². The molecule has 0 saturated carbocycles. The Hall–Kier alpha value is -1.000. The summed E-state index contributed by atoms with van der Waals surface area (Å²) in [4.78, 5) is 16.4. The number of benzene rings is 1. The van der Waals surface area contributed by atoms with E-state index in [1.54, 1.807) is 0 Å². The van der Waals surface area contributed by atoms with Gasteiger partial charge in [0.25, 0.3) is 5.91 Å². The van der Waals surface area contributed by atoms with Crippen molar-refractivity contribution < 1.29 is 4.79 Å². The van der Waals surface area contributed by atoms with Gasteiger partial charge in [-0.2, -0.15) is 0 Å². The second-order valence-electron chi connectivity index (χ2n) is 4.61. The van der Waals surface area contributed by atoms with Gasteiger partial charge >= 0.3 is 0 Å². The van der Waals surface area contributed by atoms with Gasteiger partial charge < -0.3 is 5.32 Å². The van der Waals surface area contributed by atoms with Gasteiger partial charge in [-0.05, 0) is 24.5 Å². The van der Waals surface area contributed by atoms with E-state index in [0.717, 1.165) is 23.2 Å². The lowest BCUT2D eigenvalue weighted by Crippen LogP contribution is -2.16. The van der Waals surface area contributed by atoms with E-state index in [4.69, 9.17) is 46.4 Å². The molecule has 0 atom stereocenters. The predicted molar refractivity (Wildman–Crippen MR) is 92.8 cm³/mol. The van der Waals surface area contributed by atoms with Crippen LogP contribution in [0, 0.1) is 6.92 Å². The van der Waals surface area contributed by atoms with Gasteiger partial charge in [0.2, 0.25) is 0 Å². The maximum atomic E-state index is 12.5. The number of para-hydroxylation sites is 1. The summed E-state index contributed by atoms with van der Waals surface area (Å²) in [7, 11) is 0. The molecule has 1 aromatic heterocycles. The average molecular weight is 378 g/mol. The Morgan fingerprint density at radius 1 is 1.14 bits per heavy atom. The molecule has 1 heterocycles. The number of halogens is 4. The minimum absolute atomic E-state index is 0.00832. The molecule has 0 aliphatic heterocycles. The molecule has 0 bridgehead atoms. The van der Waals surface area contributed by atoms with Crippen LogP contribution in [0.25, 0.3) is 0 Å². The van der Waals surface area contributed by atoms with Gasteiger partial charge in [0.05, 0.1) is 15.1 Å². The molecule has 2 rings (SSSR count). The van der Waals surface area contributed by atoms with Crippen LogP contribution in [0.1, 0.15) is 28.5 Å². The van der Waals surface area contributed by atoms with E-state index < -0.39 is 5.91 Å². The summed E-state index contributed by atoms with van der Waals surface area (Å²) in [5, 5.41) is 2.75. The number of carbonyl (C=O) groups excluding carboxylic acids is 1. The van der Waals surface area contributed by atoms with Crippen molar-refractivity contribution >= 4 is 58.0 Å². The second kappa shape index (κ2) is 7.05. The Labute approximate surface area is 148 Å². The minimum atomic E-state index is -0.491. The van der Waals surface area contributed by atoms with E-state index in [1.165, 1.54) is 0 Å². The third kappa shape index (κ3) is 3.33. The summed E-state index contributed by atoms with van der Waals surface area (Å²) in [6.07, 6.45) is 0.778. The molecule has 0 fully saturated rings. The number of hydrogen-bond acceptors (Lipinski definition) is 2. The van der Waals surface area contributed by atoms with Crippen molar-refractivity contribution in [3.8, 4) is 0 Å². The molecule has 7 heteroatoms. The van der Waals surface area contributed by atoms with E-state index in [0.29, 0.717) is 0 Å². The second-order valence-corrected chi connectivity index (χ2v) is 6.10. The lowest BCUT2D eigenvalue weighted by molar-refractivity contribution is 0.102. The maximum absolute atomic E-state index is 12.5. The standard InChI is InChI=1S/C15H12Cl4N2O/c1-3-8-6-4-5-7(2)12(8)21-15(22)13-10(17)9(16)11(18)14(19)20-13/h4-6H,3H2,1-2H3,(H,21,22). The highest BCUT2D eigenvalue weighted by Crippen LogP contribution is 2.36. The normalized spacial score (nSPS) is 10.6. The summed E-state index contributed by atoms with van der Waals surface area (Å²) in [5.41, 5.74) is 2.62. The van der Waals surface area contributed by atoms with Crippen LogP contribution in [0.4, 0.5) is 5.69 Å². The predicted octanol–water partition coefficient (Wildman–Crippen LogP) is 5.82. The zero-order valence-corrected chi connectivity index (χ0v) is 14.8. The smallest absolute Gasteiger partial charge is 0.275 e. The molecule has 2 aromatic rings. The number of amides is 1. The molecule has 1 aromatic carbocycles. The Morgan fingerprint density at radius 2 is 1.82 bits per heavy atom. The molecule has 0 radical (unpaired) electrons. The molecule has 0 aliphatic carbocycles. The molecular formula is C15H12Cl4N2O. The first-order chi connectivity index (χ1) is 10.4. The van der Waals surface area contributed by atoms with Crippen LogP contribution in [0.3, 0.4) is 0 Å². The number of pyridine rings is 1. The quantitative estimate of drug-likeness (QED) is 0.684. The highest BCUT2D eigenvalue weighted by Gasteiger charge is 2.21. The zero-order valence-electron chi connectivity index (χ0n) is 11.8. The molecule has 1 N–H and O–H groups in total. The first kappa shape index (κ1) is 17.4. The monoisotopic (exact) mass is 376 g/mol. The number of nitrogens with one attached hydrogen (secondary N) is 1. The Kier molecular flexibility index (Phi) is 5.56. The van der Waals surface area contributed by atoms with E-state index in [2.05, 4.69) is 10.3 Å². The number of carbonyl (C=O) groups is 1. The lowest BCUT2D eigenvalue weighted by Gasteiger charge is -2.14. The van der Waals surface area contributed by atoms with Crippen LogP contribution in [-0.2, 0) is 6.42 Å². The van der Waals surface area contributed by atoms with Gasteiger partial charge in [0.15, 0.2) is 0 Å². The van der Waals surface area contributed by atoms with Crippen molar-refractivity contribution in [1.82, 2.24) is 4.98 Å². The largest absolute Gasteiger partial charge is 0.320 e. The molecule has 1 amide bonds. The van der Waals surface area contributed by atoms with Crippen molar-refractivity contribution in [2.45, 2.75) is 20.3 Å². The van der Waals surface area contributed by atoms with E-state index in [1.807, 2.05) is 32.0 Å². The fourth-order valence-corrected chi connectivity index (χ4v) is 2.83. The minimum Gasteiger partial charge on any atom is -0.320 e. The molecule has 0 spiro atoms. The van der Waals surface area contributed by atoms with Crippen molar-refractivity contribution in [3.63, 3.8) is 0 Å². The van der Waals surface area contributed by atoms with Crippen molar-refractivity contribution in [2.24, 2.45) is 0 Å². The highest BCUT2D eigenvalue weighted by atomic mass is 35.5. The Balaban J connectivity index is 2.43. The third-order valence-corrected chi connectivity index (χ3v) is 4.86. The third-order valence-electron chi connectivity index (χ3n) is 3.18. The highest BCUT2D eigenvalue weighted by molar-refractivity contribution is 6.52. The van der Waals surface area contributed by atoms with Crippen molar-refractivity contribution in [1.29, 1.82) is 0 Å². The lowest BCUT2D eigenvalue weighted by atomic mass is 10.1. The topological polar surface area (TPSA) is 42.0 Å². The Bertz CT molecular complexity index is 747. The first-order valence-electron chi connectivity index (χ1n) is 6.46. The Morgan fingerprint density at radius 3 is 2.45 bits per heavy atom. The maximum Gasteiger partial charge on any atom is 0.275 e. The molecule has 0 unspecified atom stereocenters. The summed E-state index contributed by atoms with van der Waals surface area (Å²) in [6, 6.07) is 5.79. The van der Waals surface area contributed by atoms with Crippen LogP contribution in [-0.4, -0.2) is 10.9 Å². The van der Waals surface area contributed by atoms with Gasteiger partial charge in [-0.3, -0.25) is 4.79 Å². The molecule has 3 nitrogen and oxygen atoms in total. The molecule has 116 valence electrons. The number of rotatable bonds is 3. The fraction of sp³-hybridized carbons (Fsp3) is 0.200. The summed E-state index contributed by atoms with van der Waals surface area (Å²) in [6.45, 7) is 3.91. The average Bonchev–Trinajstić information content (AvgIpc) is 2.50. The van der Waals surface area contributed by atoms with Gasteiger partial charge in [-0.15, -0.1) is 0 Å². The molecular weight excluding hydrogens is 366 g/mol. The first-order valence-corrected chi connectivity index (χ1v) is 7.97. The SMILES string of the molecule is CCc1cccc(C)c1NC(=O)c1nc(Cl)c(Cl)c(Cl)c1Cl. The van der Waals surface area contributed by atoms with Crippen molar-refractivity contribution in [2.75, 3.05) is 5.32 Å². The number of nitrogens with zero attached hydrogens (tertiary/aromatic N) is 1. The summed E-state index contributed by atoms with van der Waals surface area (Å²) >= 11 is 23.7. The van der Waals surface area contributed by atoms with E-state index >= 15 is 0 Å². The van der Waals surface area contributed by atoms with Crippen LogP contribution in [0.2, 0.25) is 20.2 Å². The van der Waals surface area contributed by atoms with Gasteiger partial charge in [-0.1, -0.05) is 71.5 Å². The van der Waals surface area contributed by atoms with Crippen LogP contribution in [0.15, 0.2) is 18.2 Å². The fourth-order valence-electron chi connectivity index (χ4n) is 2.01. The molecule has 22 heavy (non-hydrogen) atoms. The summed E-state index contributed by atoms with van der Waals surface area (Å²) in [5.74, 6) is -0.491. The number of anilines is 1. The van der Waals surface area contributed by atoms with Crippen molar-refractivity contribution in [3.05, 3.63) is 55.2 Å². The van der Waals surface area contributed by atoms with Crippen LogP contribution in [0.5, 0.6) is 0 Å². The van der Waals surface area contributed by atoms with Gasteiger partial charge in [0, 0.05) is 5.69 Å². The number of aryl methyl sites for hydroxylation is 2. The summed E-state index contributed by atoms with van der Waals surface area (Å²) < 4.78 is 0. The zero-order chi connectivity index (χ0) is 16.4. The number of hydrogen-bond donors (Lipinski definition) is 1. The van der Waals surface area contributed by atoms with Gasteiger partial charge in [0.1, 0.15) is 10.8 Å².